The van der Waals surface area contributed by atoms with E-state index in [9.17, 15) is 23.9 Å². The van der Waals surface area contributed by atoms with E-state index < -0.39 is 29.6 Å². The molecule has 0 aliphatic carbocycles. The van der Waals surface area contributed by atoms with E-state index >= 15 is 0 Å². The summed E-state index contributed by atoms with van der Waals surface area (Å²) in [6.07, 6.45) is -0.892. The number of amides is 1. The zero-order valence-electron chi connectivity index (χ0n) is 18.5. The van der Waals surface area contributed by atoms with Crippen LogP contribution in [-0.4, -0.2) is 65.6 Å². The minimum Gasteiger partial charge on any atom is -0.481 e. The molecule has 0 bridgehead atoms. The van der Waals surface area contributed by atoms with Crippen molar-refractivity contribution in [2.75, 3.05) is 26.7 Å². The highest BCUT2D eigenvalue weighted by molar-refractivity contribution is 6.33. The molecule has 34 heavy (non-hydrogen) atoms. The smallest absolute Gasteiger partial charge is 0.336 e. The number of carbonyl (C=O) groups excluding carboxylic acids is 1. The average Bonchev–Trinajstić information content (AvgIpc) is 2.78. The van der Waals surface area contributed by atoms with Crippen molar-refractivity contribution >= 4 is 34.4 Å². The largest absolute Gasteiger partial charge is 0.481 e. The summed E-state index contributed by atoms with van der Waals surface area (Å²) in [5, 5.41) is 10.1. The predicted molar refractivity (Wildman–Crippen MR) is 124 cm³/mol. The number of hydrogen-bond acceptors (Lipinski definition) is 6. The Hall–Kier alpha value is -3.43. The van der Waals surface area contributed by atoms with Gasteiger partial charge in [0.05, 0.1) is 5.02 Å². The van der Waals surface area contributed by atoms with Crippen LogP contribution in [0.4, 0.5) is 4.39 Å². The fraction of sp³-hybridized carbons (Fsp3) is 0.292. The highest BCUT2D eigenvalue weighted by atomic mass is 35.5. The standard InChI is InChI=1S/C24H22ClFN2O6/c1-13(23(30)28-8-7-27(2)20(12-28)24(31)32)33-15-4-6-17-18(11-22(29)34-21(17)10-15)16-5-3-14(26)9-19(16)25/h3-6,9-11,13,20H,7-8,12H2,1-2H3,(H,31,32)/t13-,20?/m1/s1. The van der Waals surface area contributed by atoms with Gasteiger partial charge in [0.15, 0.2) is 6.10 Å². The lowest BCUT2D eigenvalue weighted by Gasteiger charge is -2.38. The fourth-order valence-electron chi connectivity index (χ4n) is 4.00. The molecule has 0 spiro atoms. The third-order valence-electron chi connectivity index (χ3n) is 5.84. The number of nitrogens with zero attached hydrogens (tertiary/aromatic N) is 2. The predicted octanol–water partition coefficient (Wildman–Crippen LogP) is 3.25. The number of halogens is 2. The van der Waals surface area contributed by atoms with Crippen LogP contribution in [0.15, 0.2) is 51.7 Å². The average molecular weight is 489 g/mol. The molecular formula is C24H22ClFN2O6. The van der Waals surface area contributed by atoms with Crippen LogP contribution in [0.25, 0.3) is 22.1 Å². The molecule has 2 aromatic carbocycles. The summed E-state index contributed by atoms with van der Waals surface area (Å²) in [5.74, 6) is -1.53. The van der Waals surface area contributed by atoms with E-state index in [1.807, 2.05) is 0 Å². The van der Waals surface area contributed by atoms with Gasteiger partial charge in [-0.3, -0.25) is 14.5 Å². The van der Waals surface area contributed by atoms with Gasteiger partial charge in [-0.25, -0.2) is 9.18 Å². The molecule has 1 saturated heterocycles. The summed E-state index contributed by atoms with van der Waals surface area (Å²) < 4.78 is 24.6. The molecule has 1 amide bonds. The topological polar surface area (TPSA) is 100 Å². The Balaban J connectivity index is 1.58. The van der Waals surface area contributed by atoms with Crippen molar-refractivity contribution in [3.63, 3.8) is 0 Å². The third kappa shape index (κ3) is 4.76. The van der Waals surface area contributed by atoms with Crippen molar-refractivity contribution in [3.05, 3.63) is 63.7 Å². The minimum absolute atomic E-state index is 0.0623. The lowest BCUT2D eigenvalue weighted by molar-refractivity contribution is -0.149. The summed E-state index contributed by atoms with van der Waals surface area (Å²) in [7, 11) is 1.71. The number of rotatable bonds is 5. The van der Waals surface area contributed by atoms with Gasteiger partial charge >= 0.3 is 11.6 Å². The molecule has 10 heteroatoms. The first kappa shape index (κ1) is 23.7. The Kier molecular flexibility index (Phi) is 6.58. The molecule has 8 nitrogen and oxygen atoms in total. The van der Waals surface area contributed by atoms with E-state index in [1.54, 1.807) is 31.0 Å². The third-order valence-corrected chi connectivity index (χ3v) is 6.16. The maximum atomic E-state index is 13.5. The first-order chi connectivity index (χ1) is 16.1. The van der Waals surface area contributed by atoms with Crippen LogP contribution in [0.1, 0.15) is 6.92 Å². The van der Waals surface area contributed by atoms with E-state index in [1.165, 1.54) is 29.2 Å². The number of carboxylic acid groups (broad SMARTS) is 1. The molecule has 2 heterocycles. The molecule has 1 fully saturated rings. The van der Waals surface area contributed by atoms with E-state index in [-0.39, 0.29) is 23.1 Å². The molecule has 0 radical (unpaired) electrons. The van der Waals surface area contributed by atoms with Gasteiger partial charge in [-0.05, 0) is 44.3 Å². The molecule has 3 aromatic rings. The highest BCUT2D eigenvalue weighted by Gasteiger charge is 2.34. The first-order valence-electron chi connectivity index (χ1n) is 10.6. The van der Waals surface area contributed by atoms with Gasteiger partial charge in [0, 0.05) is 48.3 Å². The molecule has 1 aliphatic heterocycles. The van der Waals surface area contributed by atoms with Crippen LogP contribution in [-0.2, 0) is 9.59 Å². The zero-order valence-corrected chi connectivity index (χ0v) is 19.2. The van der Waals surface area contributed by atoms with Gasteiger partial charge in [-0.15, -0.1) is 0 Å². The van der Waals surface area contributed by atoms with Gasteiger partial charge in [0.25, 0.3) is 5.91 Å². The van der Waals surface area contributed by atoms with Gasteiger partial charge in [0.2, 0.25) is 0 Å². The van der Waals surface area contributed by atoms with Gasteiger partial charge in [-0.1, -0.05) is 11.6 Å². The van der Waals surface area contributed by atoms with Crippen molar-refractivity contribution in [2.45, 2.75) is 19.1 Å². The number of benzene rings is 2. The monoisotopic (exact) mass is 488 g/mol. The molecule has 1 unspecified atom stereocenters. The Morgan fingerprint density at radius 2 is 1.94 bits per heavy atom. The number of carbonyl (C=O) groups is 2. The Morgan fingerprint density at radius 1 is 1.18 bits per heavy atom. The van der Waals surface area contributed by atoms with Crippen molar-refractivity contribution in [3.8, 4) is 16.9 Å². The zero-order chi connectivity index (χ0) is 24.6. The number of fused-ring (bicyclic) bond motifs is 1. The van der Waals surface area contributed by atoms with Crippen LogP contribution in [0.2, 0.25) is 5.02 Å². The van der Waals surface area contributed by atoms with Crippen molar-refractivity contribution in [2.24, 2.45) is 0 Å². The number of hydrogen-bond donors (Lipinski definition) is 1. The maximum absolute atomic E-state index is 13.5. The maximum Gasteiger partial charge on any atom is 0.336 e. The highest BCUT2D eigenvalue weighted by Crippen LogP contribution is 2.34. The summed E-state index contributed by atoms with van der Waals surface area (Å²) in [6.45, 7) is 2.46. The van der Waals surface area contributed by atoms with Crippen LogP contribution in [0.5, 0.6) is 5.75 Å². The number of aliphatic carboxylic acids is 1. The van der Waals surface area contributed by atoms with Crippen molar-refractivity contribution < 1.29 is 28.2 Å². The lowest BCUT2D eigenvalue weighted by atomic mass is 10.0. The second kappa shape index (κ2) is 9.44. The molecule has 178 valence electrons. The molecule has 1 aromatic heterocycles. The molecule has 0 saturated carbocycles. The molecule has 4 rings (SSSR count). The Labute approximate surface area is 199 Å². The van der Waals surface area contributed by atoms with E-state index in [0.717, 1.165) is 6.07 Å². The Bertz CT molecular complexity index is 1330. The second-order valence-corrected chi connectivity index (χ2v) is 8.55. The molecular weight excluding hydrogens is 467 g/mol. The fourth-order valence-corrected chi connectivity index (χ4v) is 4.27. The Morgan fingerprint density at radius 3 is 2.65 bits per heavy atom. The van der Waals surface area contributed by atoms with Crippen molar-refractivity contribution in [1.82, 2.24) is 9.80 Å². The van der Waals surface area contributed by atoms with Crippen LogP contribution in [0.3, 0.4) is 0 Å². The summed E-state index contributed by atoms with van der Waals surface area (Å²) in [5.41, 5.74) is 0.539. The van der Waals surface area contributed by atoms with Crippen molar-refractivity contribution in [1.29, 1.82) is 0 Å². The summed E-state index contributed by atoms with van der Waals surface area (Å²) >= 11 is 6.19. The van der Waals surface area contributed by atoms with Crippen LogP contribution >= 0.6 is 11.6 Å². The first-order valence-corrected chi connectivity index (χ1v) is 10.9. The van der Waals surface area contributed by atoms with Gasteiger partial charge < -0.3 is 19.2 Å². The quantitative estimate of drug-likeness (QED) is 0.550. The SMILES string of the molecule is C[C@@H](Oc1ccc2c(-c3ccc(F)cc3Cl)cc(=O)oc2c1)C(=O)N1CCN(C)C(C(=O)O)C1. The number of carboxylic acids is 1. The lowest BCUT2D eigenvalue weighted by Crippen LogP contribution is -2.58. The van der Waals surface area contributed by atoms with E-state index in [4.69, 9.17) is 20.8 Å². The summed E-state index contributed by atoms with van der Waals surface area (Å²) in [4.78, 5) is 39.6. The minimum atomic E-state index is -0.991. The summed E-state index contributed by atoms with van der Waals surface area (Å²) in [6, 6.07) is 9.17. The molecule has 2 atom stereocenters. The van der Waals surface area contributed by atoms with Gasteiger partial charge in [0.1, 0.15) is 23.2 Å². The normalized spacial score (nSPS) is 17.5. The van der Waals surface area contributed by atoms with E-state index in [0.29, 0.717) is 35.4 Å². The van der Waals surface area contributed by atoms with Crippen LogP contribution < -0.4 is 10.4 Å². The number of piperazine rings is 1. The van der Waals surface area contributed by atoms with E-state index in [2.05, 4.69) is 0 Å². The van der Waals surface area contributed by atoms with Crippen LogP contribution in [0, 0.1) is 5.82 Å². The number of likely N-dealkylation sites (N-methyl/N-ethyl adjacent to an activating group) is 1. The second-order valence-electron chi connectivity index (χ2n) is 8.14. The molecule has 1 N–H and O–H groups in total. The van der Waals surface area contributed by atoms with Gasteiger partial charge in [-0.2, -0.15) is 0 Å². The number of ether oxygens (including phenoxy) is 1. The molecule has 1 aliphatic rings.